The van der Waals surface area contributed by atoms with Crippen molar-refractivity contribution in [3.05, 3.63) is 59.7 Å². The van der Waals surface area contributed by atoms with Gasteiger partial charge in [-0.05, 0) is 43.4 Å². The number of anilines is 2. The molecule has 0 fully saturated rings. The largest absolute Gasteiger partial charge is 1.00 e. The van der Waals surface area contributed by atoms with Gasteiger partial charge in [0.25, 0.3) is 5.01 Å². The van der Waals surface area contributed by atoms with Crippen LogP contribution in [0.2, 0.25) is 0 Å². The van der Waals surface area contributed by atoms with Crippen LogP contribution >= 0.6 is 23.6 Å². The number of hydrogen-bond acceptors (Lipinski definition) is 3. The number of thiocarbonyl (C=S) groups is 1. The second-order valence-corrected chi connectivity index (χ2v) is 7.40. The number of benzene rings is 2. The van der Waals surface area contributed by atoms with Crippen molar-refractivity contribution in [3.63, 3.8) is 0 Å². The van der Waals surface area contributed by atoms with Gasteiger partial charge in [0.2, 0.25) is 5.52 Å². The molecule has 0 saturated heterocycles. The highest BCUT2D eigenvalue weighted by Gasteiger charge is 2.15. The Morgan fingerprint density at radius 2 is 1.96 bits per heavy atom. The molecule has 1 heterocycles. The zero-order chi connectivity index (χ0) is 18.5. The number of nitrogens with one attached hydrogen (secondary N) is 2. The van der Waals surface area contributed by atoms with Crippen LogP contribution in [0.4, 0.5) is 11.4 Å². The Kier molecular flexibility index (Phi) is 7.77. The quantitative estimate of drug-likeness (QED) is 0.439. The molecule has 3 aromatic rings. The normalized spacial score (nSPS) is 10.6. The maximum absolute atomic E-state index is 5.26. The number of hydrogen-bond donors (Lipinski definition) is 2. The van der Waals surface area contributed by atoms with Gasteiger partial charge in [-0.1, -0.05) is 29.5 Å². The average Bonchev–Trinajstić information content (AvgIpc) is 2.96. The lowest BCUT2D eigenvalue weighted by Crippen LogP contribution is -3.00. The molecule has 0 amide bonds. The summed E-state index contributed by atoms with van der Waals surface area (Å²) >= 11 is 7.03. The number of fused-ring (bicyclic) bond motifs is 1. The van der Waals surface area contributed by atoms with Gasteiger partial charge < -0.3 is 32.5 Å². The summed E-state index contributed by atoms with van der Waals surface area (Å²) in [7, 11) is 4.15. The molecule has 0 spiro atoms. The van der Waals surface area contributed by atoms with Crippen molar-refractivity contribution in [1.29, 1.82) is 0 Å². The van der Waals surface area contributed by atoms with Crippen LogP contribution in [-0.2, 0) is 7.05 Å². The van der Waals surface area contributed by atoms with Crippen molar-refractivity contribution >= 4 is 56.3 Å². The van der Waals surface area contributed by atoms with E-state index in [-0.39, 0.29) is 17.0 Å². The number of aromatic nitrogens is 1. The van der Waals surface area contributed by atoms with Crippen molar-refractivity contribution in [2.45, 2.75) is 6.92 Å². The molecule has 2 aromatic carbocycles. The van der Waals surface area contributed by atoms with Gasteiger partial charge in [-0.15, -0.1) is 0 Å². The highest BCUT2D eigenvalue weighted by Crippen LogP contribution is 2.25. The van der Waals surface area contributed by atoms with E-state index in [4.69, 9.17) is 12.2 Å². The second-order valence-electron chi connectivity index (χ2n) is 5.93. The Morgan fingerprint density at radius 1 is 1.22 bits per heavy atom. The summed E-state index contributed by atoms with van der Waals surface area (Å²) in [4.78, 5) is 2.12. The lowest BCUT2D eigenvalue weighted by Gasteiger charge is -2.12. The van der Waals surface area contributed by atoms with Gasteiger partial charge >= 0.3 is 0 Å². The van der Waals surface area contributed by atoms with Crippen LogP contribution < -0.4 is 37.1 Å². The molecule has 3 rings (SSSR count). The third-order valence-electron chi connectivity index (χ3n) is 4.07. The lowest BCUT2D eigenvalue weighted by molar-refractivity contribution is -0.642. The molecular formula is C20H23BrN4S2. The molecule has 0 unspecified atom stereocenters. The van der Waals surface area contributed by atoms with Crippen LogP contribution in [0.1, 0.15) is 11.9 Å². The highest BCUT2D eigenvalue weighted by atomic mass is 79.9. The summed E-state index contributed by atoms with van der Waals surface area (Å²) in [5.41, 5.74) is 3.37. The minimum Gasteiger partial charge on any atom is -1.00 e. The Labute approximate surface area is 180 Å². The Balaban J connectivity index is 0.00000261. The fourth-order valence-corrected chi connectivity index (χ4v) is 4.00. The van der Waals surface area contributed by atoms with Crippen molar-refractivity contribution in [2.24, 2.45) is 7.05 Å². The molecule has 4 nitrogen and oxygen atoms in total. The molecular weight excluding hydrogens is 440 g/mol. The standard InChI is InChI=1S/C20H22N4S2.BrH/c1-4-21-20(25)22-15-10-11-17-18(14-15)26-19(24(17)3)12-13-23(2)16-8-6-5-7-9-16;/h5-14H,4H2,1-3H3,(H-,21,22,25);1H. The van der Waals surface area contributed by atoms with E-state index in [9.17, 15) is 0 Å². The van der Waals surface area contributed by atoms with E-state index in [1.165, 1.54) is 15.2 Å². The van der Waals surface area contributed by atoms with E-state index in [1.807, 2.05) is 25.1 Å². The number of halogens is 1. The van der Waals surface area contributed by atoms with Gasteiger partial charge in [0.15, 0.2) is 5.11 Å². The molecule has 142 valence electrons. The smallest absolute Gasteiger partial charge is 0.263 e. The zero-order valence-electron chi connectivity index (χ0n) is 15.6. The first-order chi connectivity index (χ1) is 12.6. The summed E-state index contributed by atoms with van der Waals surface area (Å²) in [6, 6.07) is 16.6. The van der Waals surface area contributed by atoms with Gasteiger partial charge in [-0.3, -0.25) is 0 Å². The van der Waals surface area contributed by atoms with Gasteiger partial charge in [-0.25, -0.2) is 0 Å². The summed E-state index contributed by atoms with van der Waals surface area (Å²) in [6.45, 7) is 2.84. The van der Waals surface area contributed by atoms with Crippen LogP contribution in [0.5, 0.6) is 0 Å². The average molecular weight is 463 g/mol. The summed E-state index contributed by atoms with van der Waals surface area (Å²) < 4.78 is 3.43. The molecule has 0 aliphatic heterocycles. The van der Waals surface area contributed by atoms with E-state index in [0.717, 1.165) is 17.9 Å². The predicted molar refractivity (Wildman–Crippen MR) is 117 cm³/mol. The molecule has 0 aliphatic rings. The number of para-hydroxylation sites is 1. The Morgan fingerprint density at radius 3 is 2.67 bits per heavy atom. The molecule has 0 bridgehead atoms. The number of rotatable bonds is 5. The first kappa shape index (κ1) is 21.3. The molecule has 7 heteroatoms. The number of nitrogens with zero attached hydrogens (tertiary/aromatic N) is 2. The zero-order valence-corrected chi connectivity index (χ0v) is 18.8. The molecule has 0 saturated carbocycles. The van der Waals surface area contributed by atoms with Crippen LogP contribution in [0.25, 0.3) is 16.3 Å². The number of aryl methyl sites for hydroxylation is 1. The molecule has 2 N–H and O–H groups in total. The van der Waals surface area contributed by atoms with Crippen LogP contribution in [-0.4, -0.2) is 18.7 Å². The maximum atomic E-state index is 5.26. The maximum Gasteiger partial charge on any atom is 0.263 e. The Bertz CT molecular complexity index is 938. The number of thiazole rings is 1. The highest BCUT2D eigenvalue weighted by molar-refractivity contribution is 7.80. The fraction of sp³-hybridized carbons (Fsp3) is 0.200. The monoisotopic (exact) mass is 462 g/mol. The van der Waals surface area contributed by atoms with Crippen molar-refractivity contribution < 1.29 is 21.5 Å². The summed E-state index contributed by atoms with van der Waals surface area (Å²) in [5, 5.41) is 8.18. The first-order valence-electron chi connectivity index (χ1n) is 8.52. The topological polar surface area (TPSA) is 31.2 Å². The first-order valence-corrected chi connectivity index (χ1v) is 9.74. The van der Waals surface area contributed by atoms with Gasteiger partial charge in [0.1, 0.15) is 11.7 Å². The van der Waals surface area contributed by atoms with Crippen LogP contribution in [0.3, 0.4) is 0 Å². The van der Waals surface area contributed by atoms with Gasteiger partial charge in [-0.2, -0.15) is 4.57 Å². The molecule has 0 atom stereocenters. The van der Waals surface area contributed by atoms with E-state index < -0.39 is 0 Å². The third kappa shape index (κ3) is 5.28. The van der Waals surface area contributed by atoms with E-state index in [2.05, 4.69) is 76.8 Å². The molecule has 1 aromatic heterocycles. The molecule has 27 heavy (non-hydrogen) atoms. The minimum absolute atomic E-state index is 0. The van der Waals surface area contributed by atoms with Gasteiger partial charge in [0, 0.05) is 43.3 Å². The van der Waals surface area contributed by atoms with E-state index in [0.29, 0.717) is 5.11 Å². The second kappa shape index (κ2) is 9.82. The van der Waals surface area contributed by atoms with Crippen molar-refractivity contribution in [3.8, 4) is 0 Å². The van der Waals surface area contributed by atoms with Crippen LogP contribution in [0, 0.1) is 0 Å². The van der Waals surface area contributed by atoms with Crippen molar-refractivity contribution in [1.82, 2.24) is 5.32 Å². The van der Waals surface area contributed by atoms with Crippen LogP contribution in [0.15, 0.2) is 54.7 Å². The lowest BCUT2D eigenvalue weighted by atomic mass is 10.3. The third-order valence-corrected chi connectivity index (χ3v) is 5.48. The fourth-order valence-electron chi connectivity index (χ4n) is 2.66. The van der Waals surface area contributed by atoms with E-state index in [1.54, 1.807) is 11.3 Å². The van der Waals surface area contributed by atoms with Gasteiger partial charge in [0.05, 0.1) is 0 Å². The van der Waals surface area contributed by atoms with E-state index >= 15 is 0 Å². The summed E-state index contributed by atoms with van der Waals surface area (Å²) in [5.74, 6) is 0. The molecule has 0 radical (unpaired) electrons. The molecule has 0 aliphatic carbocycles. The van der Waals surface area contributed by atoms with Crippen molar-refractivity contribution in [2.75, 3.05) is 23.8 Å². The predicted octanol–water partition coefficient (Wildman–Crippen LogP) is 1.14. The Hall–Kier alpha value is -1.96. The minimum atomic E-state index is 0. The SMILES string of the molecule is CCNC(=S)Nc1ccc2c(c1)sc(C=CN(C)c1ccccc1)[n+]2C.[Br-]. The summed E-state index contributed by atoms with van der Waals surface area (Å²) in [6.07, 6.45) is 4.24.